The normalized spacial score (nSPS) is 15.1. The fourth-order valence-electron chi connectivity index (χ4n) is 2.36. The number of nitrogens with one attached hydrogen (secondary N) is 1. The Bertz CT molecular complexity index is 597. The van der Waals surface area contributed by atoms with E-state index in [9.17, 15) is 14.7 Å². The lowest BCUT2D eigenvalue weighted by atomic mass is 10.1. The van der Waals surface area contributed by atoms with Crippen LogP contribution < -0.4 is 5.56 Å². The number of carbonyl (C=O) groups is 1. The maximum atomic E-state index is 12.5. The lowest BCUT2D eigenvalue weighted by Gasteiger charge is -2.28. The number of aliphatic hydroxyl groups is 1. The molecule has 0 saturated heterocycles. The van der Waals surface area contributed by atoms with Crippen LogP contribution in [0.3, 0.4) is 0 Å². The summed E-state index contributed by atoms with van der Waals surface area (Å²) in [7, 11) is 0. The molecule has 21 heavy (non-hydrogen) atoms. The summed E-state index contributed by atoms with van der Waals surface area (Å²) in [5.41, 5.74) is -0.859. The molecule has 0 radical (unpaired) electrons. The van der Waals surface area contributed by atoms with Gasteiger partial charge in [0.05, 0.1) is 11.3 Å². The average molecular weight is 293 g/mol. The van der Waals surface area contributed by atoms with Crippen LogP contribution in [0.1, 0.15) is 61.4 Å². The molecule has 1 amide bonds. The number of hydrogen-bond acceptors (Lipinski definition) is 4. The molecule has 1 aromatic heterocycles. The number of aryl methyl sites for hydroxylation is 1. The van der Waals surface area contributed by atoms with Crippen LogP contribution in [0.5, 0.6) is 0 Å². The molecule has 0 aliphatic heterocycles. The van der Waals surface area contributed by atoms with Gasteiger partial charge in [0.1, 0.15) is 11.4 Å². The first-order valence-corrected chi connectivity index (χ1v) is 7.35. The Labute approximate surface area is 124 Å². The minimum Gasteiger partial charge on any atom is -0.389 e. The summed E-state index contributed by atoms with van der Waals surface area (Å²) >= 11 is 0. The highest BCUT2D eigenvalue weighted by molar-refractivity contribution is 5.94. The van der Waals surface area contributed by atoms with E-state index in [4.69, 9.17) is 0 Å². The van der Waals surface area contributed by atoms with E-state index in [2.05, 4.69) is 9.97 Å². The van der Waals surface area contributed by atoms with Crippen molar-refractivity contribution in [1.29, 1.82) is 0 Å². The van der Waals surface area contributed by atoms with Crippen LogP contribution in [0.4, 0.5) is 0 Å². The minimum absolute atomic E-state index is 0.0745. The molecule has 1 saturated carbocycles. The van der Waals surface area contributed by atoms with Gasteiger partial charge in [0, 0.05) is 19.0 Å². The van der Waals surface area contributed by atoms with Crippen molar-refractivity contribution in [2.75, 3.05) is 13.1 Å². The van der Waals surface area contributed by atoms with E-state index in [1.165, 1.54) is 4.90 Å². The van der Waals surface area contributed by atoms with Gasteiger partial charge in [0.25, 0.3) is 11.5 Å². The number of aromatic nitrogens is 2. The molecule has 1 aromatic rings. The lowest BCUT2D eigenvalue weighted by molar-refractivity contribution is 0.0313. The van der Waals surface area contributed by atoms with Gasteiger partial charge in [-0.25, -0.2) is 4.98 Å². The summed E-state index contributed by atoms with van der Waals surface area (Å²) in [4.78, 5) is 33.3. The van der Waals surface area contributed by atoms with Crippen molar-refractivity contribution in [2.45, 2.75) is 52.1 Å². The molecule has 1 aliphatic rings. The largest absolute Gasteiger partial charge is 0.389 e. The molecule has 6 heteroatoms. The molecule has 2 N–H and O–H groups in total. The SMILES string of the molecule is CCN(CC(C)(C)O)C(=O)c1c(C)nc(C2CC2)[nH]c1=O. The van der Waals surface area contributed by atoms with E-state index in [0.29, 0.717) is 24.0 Å². The molecule has 0 bridgehead atoms. The van der Waals surface area contributed by atoms with E-state index >= 15 is 0 Å². The van der Waals surface area contributed by atoms with Crippen molar-refractivity contribution >= 4 is 5.91 Å². The highest BCUT2D eigenvalue weighted by Gasteiger charge is 2.30. The fraction of sp³-hybridized carbons (Fsp3) is 0.667. The zero-order chi connectivity index (χ0) is 15.8. The van der Waals surface area contributed by atoms with Crippen molar-refractivity contribution in [1.82, 2.24) is 14.9 Å². The zero-order valence-electron chi connectivity index (χ0n) is 13.1. The molecule has 2 rings (SSSR count). The predicted octanol–water partition coefficient (Wildman–Crippen LogP) is 1.19. The van der Waals surface area contributed by atoms with E-state index < -0.39 is 5.60 Å². The summed E-state index contributed by atoms with van der Waals surface area (Å²) in [6.07, 6.45) is 2.07. The highest BCUT2D eigenvalue weighted by atomic mass is 16.3. The smallest absolute Gasteiger partial charge is 0.264 e. The first kappa shape index (κ1) is 15.7. The van der Waals surface area contributed by atoms with Crippen molar-refractivity contribution in [3.8, 4) is 0 Å². The number of rotatable bonds is 5. The zero-order valence-corrected chi connectivity index (χ0v) is 13.1. The maximum Gasteiger partial charge on any atom is 0.264 e. The van der Waals surface area contributed by atoms with Gasteiger partial charge in [-0.05, 0) is 40.5 Å². The van der Waals surface area contributed by atoms with E-state index in [-0.39, 0.29) is 23.6 Å². The molecule has 1 fully saturated rings. The van der Waals surface area contributed by atoms with Crippen LogP contribution in [-0.2, 0) is 0 Å². The third kappa shape index (κ3) is 3.69. The predicted molar refractivity (Wildman–Crippen MR) is 79.4 cm³/mol. The molecular weight excluding hydrogens is 270 g/mol. The molecule has 0 spiro atoms. The first-order chi connectivity index (χ1) is 9.73. The van der Waals surface area contributed by atoms with Crippen LogP contribution in [0.2, 0.25) is 0 Å². The highest BCUT2D eigenvalue weighted by Crippen LogP contribution is 2.37. The van der Waals surface area contributed by atoms with Crippen LogP contribution in [0, 0.1) is 6.92 Å². The van der Waals surface area contributed by atoms with Gasteiger partial charge in [-0.1, -0.05) is 0 Å². The second-order valence-electron chi connectivity index (χ2n) is 6.32. The summed E-state index contributed by atoms with van der Waals surface area (Å²) in [6.45, 7) is 7.37. The van der Waals surface area contributed by atoms with Crippen molar-refractivity contribution < 1.29 is 9.90 Å². The van der Waals surface area contributed by atoms with Crippen molar-refractivity contribution in [2.24, 2.45) is 0 Å². The Morgan fingerprint density at radius 3 is 2.52 bits per heavy atom. The summed E-state index contributed by atoms with van der Waals surface area (Å²) < 4.78 is 0. The summed E-state index contributed by atoms with van der Waals surface area (Å²) in [5.74, 6) is 0.631. The van der Waals surface area contributed by atoms with E-state index in [0.717, 1.165) is 12.8 Å². The van der Waals surface area contributed by atoms with Crippen molar-refractivity contribution in [3.63, 3.8) is 0 Å². The lowest BCUT2D eigenvalue weighted by Crippen LogP contribution is -2.44. The Kier molecular flexibility index (Phi) is 4.18. The fourth-order valence-corrected chi connectivity index (χ4v) is 2.36. The Balaban J connectivity index is 2.31. The Hall–Kier alpha value is -1.69. The summed E-state index contributed by atoms with van der Waals surface area (Å²) in [6, 6.07) is 0. The van der Waals surface area contributed by atoms with Crippen molar-refractivity contribution in [3.05, 3.63) is 27.4 Å². The van der Waals surface area contributed by atoms with Gasteiger partial charge in [0.15, 0.2) is 0 Å². The molecule has 116 valence electrons. The number of amides is 1. The van der Waals surface area contributed by atoms with Crippen LogP contribution >= 0.6 is 0 Å². The number of likely N-dealkylation sites (N-methyl/N-ethyl adjacent to an activating group) is 1. The van der Waals surface area contributed by atoms with Gasteiger partial charge < -0.3 is 15.0 Å². The maximum absolute atomic E-state index is 12.5. The second-order valence-corrected chi connectivity index (χ2v) is 6.32. The number of aromatic amines is 1. The number of hydrogen-bond donors (Lipinski definition) is 2. The third-order valence-electron chi connectivity index (χ3n) is 3.54. The minimum atomic E-state index is -1.01. The molecule has 6 nitrogen and oxygen atoms in total. The van der Waals surface area contributed by atoms with E-state index in [1.54, 1.807) is 20.8 Å². The number of nitrogens with zero attached hydrogens (tertiary/aromatic N) is 2. The molecular formula is C15H23N3O3. The Morgan fingerprint density at radius 1 is 1.48 bits per heavy atom. The number of carbonyl (C=O) groups excluding carboxylic acids is 1. The second kappa shape index (κ2) is 5.60. The molecule has 1 heterocycles. The monoisotopic (exact) mass is 293 g/mol. The molecule has 0 atom stereocenters. The quantitative estimate of drug-likeness (QED) is 0.853. The molecule has 0 aromatic carbocycles. The van der Waals surface area contributed by atoms with Gasteiger partial charge in [0.2, 0.25) is 0 Å². The standard InChI is InChI=1S/C15H23N3O3/c1-5-18(8-15(3,4)21)14(20)11-9(2)16-12(10-6-7-10)17-13(11)19/h10,21H,5-8H2,1-4H3,(H,16,17,19). The van der Waals surface area contributed by atoms with Crippen LogP contribution in [0.15, 0.2) is 4.79 Å². The van der Waals surface area contributed by atoms with Gasteiger partial charge in [-0.15, -0.1) is 0 Å². The summed E-state index contributed by atoms with van der Waals surface area (Å²) in [5, 5.41) is 9.88. The van der Waals surface area contributed by atoms with Crippen LogP contribution in [0.25, 0.3) is 0 Å². The van der Waals surface area contributed by atoms with Gasteiger partial charge in [-0.3, -0.25) is 9.59 Å². The van der Waals surface area contributed by atoms with E-state index in [1.807, 2.05) is 6.92 Å². The first-order valence-electron chi connectivity index (χ1n) is 7.35. The topological polar surface area (TPSA) is 86.3 Å². The molecule has 0 unspecified atom stereocenters. The number of H-pyrrole nitrogens is 1. The van der Waals surface area contributed by atoms with Gasteiger partial charge >= 0.3 is 0 Å². The Morgan fingerprint density at radius 2 is 2.10 bits per heavy atom. The average Bonchev–Trinajstić information content (AvgIpc) is 3.17. The van der Waals surface area contributed by atoms with Gasteiger partial charge in [-0.2, -0.15) is 0 Å². The third-order valence-corrected chi connectivity index (χ3v) is 3.54. The van der Waals surface area contributed by atoms with Crippen LogP contribution in [-0.4, -0.2) is 44.6 Å². The molecule has 1 aliphatic carbocycles.